The van der Waals surface area contributed by atoms with E-state index in [-0.39, 0.29) is 13.3 Å². The standard InChI is InChI=1S/C6H11NO.CH4/c1-5(8)7-6-3-2-4-6;/h6H,2-4H2,1H3,(H,7,8);1H4. The largest absolute Gasteiger partial charge is 0.354 e. The highest BCUT2D eigenvalue weighted by molar-refractivity contribution is 5.73. The molecule has 1 amide bonds. The zero-order valence-corrected chi connectivity index (χ0v) is 5.11. The lowest BCUT2D eigenvalue weighted by atomic mass is 9.93. The first-order valence-electron chi connectivity index (χ1n) is 3.06. The van der Waals surface area contributed by atoms with E-state index in [1.54, 1.807) is 6.92 Å². The van der Waals surface area contributed by atoms with E-state index in [9.17, 15) is 4.79 Å². The Morgan fingerprint density at radius 1 is 1.56 bits per heavy atom. The van der Waals surface area contributed by atoms with Crippen LogP contribution in [0.25, 0.3) is 0 Å². The monoisotopic (exact) mass is 129 g/mol. The highest BCUT2D eigenvalue weighted by atomic mass is 16.1. The van der Waals surface area contributed by atoms with Gasteiger partial charge in [-0.15, -0.1) is 0 Å². The lowest BCUT2D eigenvalue weighted by Crippen LogP contribution is -2.37. The predicted octanol–water partition coefficient (Wildman–Crippen LogP) is 1.31. The van der Waals surface area contributed by atoms with Crippen LogP contribution in [-0.4, -0.2) is 11.9 Å². The molecule has 0 spiro atoms. The van der Waals surface area contributed by atoms with Crippen molar-refractivity contribution < 1.29 is 4.79 Å². The number of rotatable bonds is 1. The van der Waals surface area contributed by atoms with Crippen molar-refractivity contribution in [2.75, 3.05) is 0 Å². The van der Waals surface area contributed by atoms with Crippen molar-refractivity contribution in [1.82, 2.24) is 5.32 Å². The van der Waals surface area contributed by atoms with E-state index in [1.807, 2.05) is 0 Å². The van der Waals surface area contributed by atoms with Crippen LogP contribution >= 0.6 is 0 Å². The van der Waals surface area contributed by atoms with Crippen molar-refractivity contribution in [1.29, 1.82) is 0 Å². The van der Waals surface area contributed by atoms with E-state index in [2.05, 4.69) is 5.32 Å². The minimum atomic E-state index is 0. The van der Waals surface area contributed by atoms with Crippen molar-refractivity contribution in [3.05, 3.63) is 0 Å². The lowest BCUT2D eigenvalue weighted by molar-refractivity contribution is -0.120. The summed E-state index contributed by atoms with van der Waals surface area (Å²) in [6, 6.07) is 0.507. The lowest BCUT2D eigenvalue weighted by Gasteiger charge is -2.25. The van der Waals surface area contributed by atoms with Crippen LogP contribution in [-0.2, 0) is 4.79 Å². The second-order valence-corrected chi connectivity index (χ2v) is 2.33. The van der Waals surface area contributed by atoms with E-state index in [4.69, 9.17) is 0 Å². The number of carbonyl (C=O) groups excluding carboxylic acids is 1. The van der Waals surface area contributed by atoms with Crippen molar-refractivity contribution in [3.63, 3.8) is 0 Å². The van der Waals surface area contributed by atoms with Crippen LogP contribution in [0.1, 0.15) is 33.6 Å². The minimum absolute atomic E-state index is 0. The topological polar surface area (TPSA) is 29.1 Å². The van der Waals surface area contributed by atoms with Crippen LogP contribution in [0.5, 0.6) is 0 Å². The number of nitrogens with one attached hydrogen (secondary N) is 1. The molecule has 0 heterocycles. The molecular weight excluding hydrogens is 114 g/mol. The quantitative estimate of drug-likeness (QED) is 0.568. The molecule has 0 aromatic heterocycles. The summed E-state index contributed by atoms with van der Waals surface area (Å²) in [6.07, 6.45) is 3.64. The maximum Gasteiger partial charge on any atom is 0.217 e. The Hall–Kier alpha value is -0.530. The summed E-state index contributed by atoms with van der Waals surface area (Å²) >= 11 is 0. The molecule has 1 N–H and O–H groups in total. The maximum absolute atomic E-state index is 10.3. The summed E-state index contributed by atoms with van der Waals surface area (Å²) in [5.74, 6) is 0.106. The summed E-state index contributed by atoms with van der Waals surface area (Å²) in [4.78, 5) is 10.3. The molecule has 0 aromatic rings. The highest BCUT2D eigenvalue weighted by Gasteiger charge is 2.16. The van der Waals surface area contributed by atoms with Gasteiger partial charge in [-0.05, 0) is 19.3 Å². The fourth-order valence-corrected chi connectivity index (χ4v) is 0.840. The minimum Gasteiger partial charge on any atom is -0.354 e. The normalized spacial score (nSPS) is 17.4. The van der Waals surface area contributed by atoms with Gasteiger partial charge in [-0.2, -0.15) is 0 Å². The van der Waals surface area contributed by atoms with Gasteiger partial charge in [0.05, 0.1) is 0 Å². The molecule has 0 bridgehead atoms. The molecule has 0 unspecified atom stereocenters. The summed E-state index contributed by atoms with van der Waals surface area (Å²) in [6.45, 7) is 1.57. The van der Waals surface area contributed by atoms with Gasteiger partial charge >= 0.3 is 0 Å². The summed E-state index contributed by atoms with van der Waals surface area (Å²) in [7, 11) is 0. The van der Waals surface area contributed by atoms with Gasteiger partial charge in [0.15, 0.2) is 0 Å². The zero-order chi connectivity index (χ0) is 5.98. The fraction of sp³-hybridized carbons (Fsp3) is 0.857. The average molecular weight is 129 g/mol. The van der Waals surface area contributed by atoms with Crippen LogP contribution < -0.4 is 5.32 Å². The Kier molecular flexibility index (Phi) is 3.28. The van der Waals surface area contributed by atoms with Gasteiger partial charge in [0, 0.05) is 13.0 Å². The van der Waals surface area contributed by atoms with Crippen LogP contribution in [0.2, 0.25) is 0 Å². The molecule has 0 aliphatic heterocycles. The second-order valence-electron chi connectivity index (χ2n) is 2.33. The second kappa shape index (κ2) is 3.49. The molecule has 0 saturated heterocycles. The summed E-state index contributed by atoms with van der Waals surface area (Å²) in [5, 5.41) is 2.84. The van der Waals surface area contributed by atoms with E-state index in [0.29, 0.717) is 6.04 Å². The molecular formula is C7H15NO. The first-order valence-corrected chi connectivity index (χ1v) is 3.06. The predicted molar refractivity (Wildman–Crippen MR) is 38.2 cm³/mol. The van der Waals surface area contributed by atoms with Crippen LogP contribution in [0, 0.1) is 0 Å². The Morgan fingerprint density at radius 2 is 2.11 bits per heavy atom. The Labute approximate surface area is 56.6 Å². The SMILES string of the molecule is C.CC(=O)NC1CCC1. The molecule has 0 aromatic carbocycles. The van der Waals surface area contributed by atoms with E-state index in [1.165, 1.54) is 19.3 Å². The van der Waals surface area contributed by atoms with Crippen LogP contribution in [0.4, 0.5) is 0 Å². The van der Waals surface area contributed by atoms with Gasteiger partial charge in [-0.1, -0.05) is 7.43 Å². The molecule has 1 aliphatic carbocycles. The van der Waals surface area contributed by atoms with E-state index >= 15 is 0 Å². The van der Waals surface area contributed by atoms with Gasteiger partial charge in [0.1, 0.15) is 0 Å². The number of hydrogen-bond donors (Lipinski definition) is 1. The fourth-order valence-electron chi connectivity index (χ4n) is 0.840. The molecule has 9 heavy (non-hydrogen) atoms. The number of hydrogen-bond acceptors (Lipinski definition) is 1. The number of amides is 1. The highest BCUT2D eigenvalue weighted by Crippen LogP contribution is 2.17. The molecule has 0 atom stereocenters. The molecule has 54 valence electrons. The molecule has 1 aliphatic rings. The molecule has 1 rings (SSSR count). The third-order valence-corrected chi connectivity index (χ3v) is 1.51. The molecule has 2 nitrogen and oxygen atoms in total. The van der Waals surface area contributed by atoms with Gasteiger partial charge in [0.25, 0.3) is 0 Å². The molecule has 1 fully saturated rings. The summed E-state index contributed by atoms with van der Waals surface area (Å²) < 4.78 is 0. The molecule has 2 heteroatoms. The first-order chi connectivity index (χ1) is 3.79. The maximum atomic E-state index is 10.3. The van der Waals surface area contributed by atoms with Gasteiger partial charge in [0.2, 0.25) is 5.91 Å². The van der Waals surface area contributed by atoms with E-state index in [0.717, 1.165) is 0 Å². The van der Waals surface area contributed by atoms with Gasteiger partial charge < -0.3 is 5.32 Å². The van der Waals surface area contributed by atoms with E-state index < -0.39 is 0 Å². The van der Waals surface area contributed by atoms with Crippen molar-refractivity contribution >= 4 is 5.91 Å². The molecule has 1 saturated carbocycles. The average Bonchev–Trinajstić information content (AvgIpc) is 1.55. The Morgan fingerprint density at radius 3 is 2.22 bits per heavy atom. The third kappa shape index (κ3) is 2.49. The Balaban J connectivity index is 0.000000640. The summed E-state index contributed by atoms with van der Waals surface area (Å²) in [5.41, 5.74) is 0. The van der Waals surface area contributed by atoms with Crippen LogP contribution in [0.3, 0.4) is 0 Å². The van der Waals surface area contributed by atoms with Gasteiger partial charge in [-0.25, -0.2) is 0 Å². The Bertz CT molecular complexity index is 97.1. The van der Waals surface area contributed by atoms with Gasteiger partial charge in [-0.3, -0.25) is 4.79 Å². The smallest absolute Gasteiger partial charge is 0.217 e. The van der Waals surface area contributed by atoms with Crippen molar-refractivity contribution in [2.45, 2.75) is 39.7 Å². The molecule has 0 radical (unpaired) electrons. The first kappa shape index (κ1) is 8.47. The third-order valence-electron chi connectivity index (χ3n) is 1.51. The zero-order valence-electron chi connectivity index (χ0n) is 5.11. The van der Waals surface area contributed by atoms with Crippen molar-refractivity contribution in [3.8, 4) is 0 Å². The van der Waals surface area contributed by atoms with Crippen LogP contribution in [0.15, 0.2) is 0 Å². The van der Waals surface area contributed by atoms with Crippen molar-refractivity contribution in [2.24, 2.45) is 0 Å². The number of carbonyl (C=O) groups is 1.